The molecule has 214 valence electrons. The Morgan fingerprint density at radius 1 is 0.900 bits per heavy atom. The van der Waals surface area contributed by atoms with Crippen LogP contribution < -0.4 is 9.62 Å². The molecule has 1 unspecified atom stereocenters. The second kappa shape index (κ2) is 14.1. The monoisotopic (exact) mass is 567 g/mol. The number of nitrogens with zero attached hydrogens (tertiary/aromatic N) is 2. The van der Waals surface area contributed by atoms with Crippen molar-refractivity contribution < 1.29 is 22.4 Å². The molecule has 3 rings (SSSR count). The number of hydrogen-bond acceptors (Lipinski definition) is 4. The molecule has 0 saturated carbocycles. The van der Waals surface area contributed by atoms with Crippen LogP contribution in [0.15, 0.2) is 78.9 Å². The fourth-order valence-electron chi connectivity index (χ4n) is 4.35. The van der Waals surface area contributed by atoms with Crippen molar-refractivity contribution in [2.45, 2.75) is 52.1 Å². The van der Waals surface area contributed by atoms with Gasteiger partial charge in [-0.05, 0) is 53.3 Å². The van der Waals surface area contributed by atoms with Gasteiger partial charge in [0.1, 0.15) is 18.4 Å². The van der Waals surface area contributed by atoms with Crippen molar-refractivity contribution in [2.24, 2.45) is 0 Å². The van der Waals surface area contributed by atoms with E-state index in [9.17, 15) is 22.4 Å². The third kappa shape index (κ3) is 8.64. The van der Waals surface area contributed by atoms with Gasteiger partial charge >= 0.3 is 0 Å². The summed E-state index contributed by atoms with van der Waals surface area (Å²) >= 11 is 0. The highest BCUT2D eigenvalue weighted by molar-refractivity contribution is 7.92. The Hall–Kier alpha value is -3.72. The lowest BCUT2D eigenvalue weighted by Crippen LogP contribution is -2.53. The third-order valence-corrected chi connectivity index (χ3v) is 7.75. The molecule has 0 aromatic heterocycles. The molecule has 0 aliphatic heterocycles. The minimum absolute atomic E-state index is 0.0000473. The molecule has 0 saturated heterocycles. The van der Waals surface area contributed by atoms with Crippen LogP contribution in [0.1, 0.15) is 49.8 Å². The molecule has 7 nitrogen and oxygen atoms in total. The van der Waals surface area contributed by atoms with Gasteiger partial charge in [-0.2, -0.15) is 0 Å². The van der Waals surface area contributed by atoms with Gasteiger partial charge in [-0.25, -0.2) is 12.8 Å². The first-order valence-corrected chi connectivity index (χ1v) is 15.3. The number of halogens is 1. The van der Waals surface area contributed by atoms with E-state index in [2.05, 4.69) is 5.32 Å². The zero-order valence-electron chi connectivity index (χ0n) is 23.5. The fourth-order valence-corrected chi connectivity index (χ4v) is 5.20. The van der Waals surface area contributed by atoms with Crippen LogP contribution in [0.3, 0.4) is 0 Å². The standard InChI is InChI=1S/C31H38FN3O4S/c1-5-19-33-31(37)29(20-24-9-7-6-8-10-24)34(21-25-11-15-27(32)16-12-25)30(36)22-35(40(4,38)39)28-17-13-26(14-18-28)23(2)3/h6-18,23,29H,5,19-22H2,1-4H3,(H,33,37). The van der Waals surface area contributed by atoms with E-state index in [1.165, 1.54) is 17.0 Å². The molecule has 0 aliphatic carbocycles. The molecule has 0 spiro atoms. The first-order valence-electron chi connectivity index (χ1n) is 13.4. The largest absolute Gasteiger partial charge is 0.354 e. The van der Waals surface area contributed by atoms with E-state index >= 15 is 0 Å². The van der Waals surface area contributed by atoms with E-state index in [-0.39, 0.29) is 24.8 Å². The van der Waals surface area contributed by atoms with Crippen LogP contribution in [-0.2, 0) is 32.6 Å². The summed E-state index contributed by atoms with van der Waals surface area (Å²) in [5.41, 5.74) is 2.86. The predicted molar refractivity (Wildman–Crippen MR) is 157 cm³/mol. The molecule has 0 bridgehead atoms. The molecule has 0 radical (unpaired) electrons. The SMILES string of the molecule is CCCNC(=O)C(Cc1ccccc1)N(Cc1ccc(F)cc1)C(=O)CN(c1ccc(C(C)C)cc1)S(C)(=O)=O. The maximum Gasteiger partial charge on any atom is 0.244 e. The average molecular weight is 568 g/mol. The Morgan fingerprint density at radius 3 is 2.08 bits per heavy atom. The Kier molecular flexibility index (Phi) is 10.8. The highest BCUT2D eigenvalue weighted by atomic mass is 32.2. The van der Waals surface area contributed by atoms with Crippen molar-refractivity contribution in [3.05, 3.63) is 101 Å². The summed E-state index contributed by atoms with van der Waals surface area (Å²) in [5.74, 6) is -1.05. The van der Waals surface area contributed by atoms with Crippen LogP contribution in [0.25, 0.3) is 0 Å². The average Bonchev–Trinajstić information content (AvgIpc) is 2.93. The maximum atomic E-state index is 14.0. The van der Waals surface area contributed by atoms with Gasteiger partial charge in [0.2, 0.25) is 21.8 Å². The lowest BCUT2D eigenvalue weighted by Gasteiger charge is -2.33. The molecule has 3 aromatic carbocycles. The molecule has 40 heavy (non-hydrogen) atoms. The Balaban J connectivity index is 2.02. The van der Waals surface area contributed by atoms with Crippen LogP contribution in [0.4, 0.5) is 10.1 Å². The van der Waals surface area contributed by atoms with Crippen molar-refractivity contribution in [2.75, 3.05) is 23.7 Å². The summed E-state index contributed by atoms with van der Waals surface area (Å²) in [5, 5.41) is 2.89. The summed E-state index contributed by atoms with van der Waals surface area (Å²) in [7, 11) is -3.84. The summed E-state index contributed by atoms with van der Waals surface area (Å²) in [4.78, 5) is 28.8. The highest BCUT2D eigenvalue weighted by Gasteiger charge is 2.33. The topological polar surface area (TPSA) is 86.8 Å². The molecule has 0 fully saturated rings. The Bertz CT molecular complexity index is 1360. The van der Waals surface area contributed by atoms with Gasteiger partial charge < -0.3 is 10.2 Å². The molecule has 2 amide bonds. The maximum absolute atomic E-state index is 14.0. The van der Waals surface area contributed by atoms with Gasteiger partial charge in [0.25, 0.3) is 0 Å². The van der Waals surface area contributed by atoms with Gasteiger partial charge in [0.15, 0.2) is 0 Å². The molecular weight excluding hydrogens is 529 g/mol. The second-order valence-electron chi connectivity index (χ2n) is 10.2. The van der Waals surface area contributed by atoms with Crippen LogP contribution >= 0.6 is 0 Å². The molecule has 9 heteroatoms. The Morgan fingerprint density at radius 2 is 1.52 bits per heavy atom. The van der Waals surface area contributed by atoms with E-state index in [1.54, 1.807) is 24.3 Å². The van der Waals surface area contributed by atoms with Gasteiger partial charge in [-0.1, -0.05) is 75.4 Å². The number of amides is 2. The number of sulfonamides is 1. The fraction of sp³-hybridized carbons (Fsp3) is 0.355. The Labute approximate surface area is 237 Å². The van der Waals surface area contributed by atoms with Crippen LogP contribution in [0.5, 0.6) is 0 Å². The van der Waals surface area contributed by atoms with Crippen LogP contribution in [0.2, 0.25) is 0 Å². The van der Waals surface area contributed by atoms with E-state index in [1.807, 2.05) is 63.2 Å². The molecule has 0 aliphatic rings. The minimum atomic E-state index is -3.84. The minimum Gasteiger partial charge on any atom is -0.354 e. The van der Waals surface area contributed by atoms with Crippen molar-refractivity contribution in [1.29, 1.82) is 0 Å². The lowest BCUT2D eigenvalue weighted by molar-refractivity contribution is -0.140. The number of hydrogen-bond donors (Lipinski definition) is 1. The normalized spacial score (nSPS) is 12.2. The summed E-state index contributed by atoms with van der Waals surface area (Å²) in [6.07, 6.45) is 1.99. The van der Waals surface area contributed by atoms with Crippen LogP contribution in [-0.4, -0.2) is 50.5 Å². The van der Waals surface area contributed by atoms with E-state index in [0.717, 1.165) is 21.7 Å². The molecule has 1 atom stereocenters. The molecule has 0 heterocycles. The van der Waals surface area contributed by atoms with Crippen molar-refractivity contribution in [1.82, 2.24) is 10.2 Å². The number of anilines is 1. The zero-order valence-corrected chi connectivity index (χ0v) is 24.3. The van der Waals surface area contributed by atoms with E-state index in [4.69, 9.17) is 0 Å². The molecule has 3 aromatic rings. The summed E-state index contributed by atoms with van der Waals surface area (Å²) in [6.45, 7) is 5.95. The van der Waals surface area contributed by atoms with Gasteiger partial charge in [-0.3, -0.25) is 13.9 Å². The number of carbonyl (C=O) groups excluding carboxylic acids is 2. The number of carbonyl (C=O) groups is 2. The van der Waals surface area contributed by atoms with Gasteiger partial charge in [0, 0.05) is 19.5 Å². The number of rotatable bonds is 13. The van der Waals surface area contributed by atoms with E-state index in [0.29, 0.717) is 24.2 Å². The number of nitrogens with one attached hydrogen (secondary N) is 1. The van der Waals surface area contributed by atoms with Gasteiger partial charge in [-0.15, -0.1) is 0 Å². The predicted octanol–water partition coefficient (Wildman–Crippen LogP) is 4.88. The van der Waals surface area contributed by atoms with Crippen molar-refractivity contribution in [3.63, 3.8) is 0 Å². The first-order chi connectivity index (χ1) is 19.0. The first kappa shape index (κ1) is 30.8. The quantitative estimate of drug-likeness (QED) is 0.319. The summed E-state index contributed by atoms with van der Waals surface area (Å²) in [6, 6.07) is 21.2. The molecular formula is C31H38FN3O4S. The lowest BCUT2D eigenvalue weighted by atomic mass is 10.0. The number of benzene rings is 3. The molecule has 1 N–H and O–H groups in total. The summed E-state index contributed by atoms with van der Waals surface area (Å²) < 4.78 is 40.5. The van der Waals surface area contributed by atoms with E-state index < -0.39 is 34.3 Å². The zero-order chi connectivity index (χ0) is 29.3. The second-order valence-corrected chi connectivity index (χ2v) is 12.1. The smallest absolute Gasteiger partial charge is 0.244 e. The van der Waals surface area contributed by atoms with Crippen LogP contribution in [0, 0.1) is 5.82 Å². The third-order valence-electron chi connectivity index (χ3n) is 6.61. The van der Waals surface area contributed by atoms with Gasteiger partial charge in [0.05, 0.1) is 11.9 Å². The van der Waals surface area contributed by atoms with Crippen molar-refractivity contribution in [3.8, 4) is 0 Å². The highest BCUT2D eigenvalue weighted by Crippen LogP contribution is 2.23. The van der Waals surface area contributed by atoms with Crippen molar-refractivity contribution >= 4 is 27.5 Å².